The summed E-state index contributed by atoms with van der Waals surface area (Å²) in [4.78, 5) is 0. The van der Waals surface area contributed by atoms with Crippen molar-refractivity contribution in [1.29, 1.82) is 0 Å². The molecule has 0 bridgehead atoms. The highest BCUT2D eigenvalue weighted by atomic mass is 19.1. The molecule has 2 aromatic rings. The van der Waals surface area contributed by atoms with Crippen molar-refractivity contribution >= 4 is 0 Å². The predicted molar refractivity (Wildman–Crippen MR) is 69.5 cm³/mol. The Kier molecular flexibility index (Phi) is 4.59. The van der Waals surface area contributed by atoms with E-state index in [0.29, 0.717) is 6.07 Å². The first-order chi connectivity index (χ1) is 9.93. The van der Waals surface area contributed by atoms with Crippen LogP contribution in [0, 0.1) is 23.3 Å². The Bertz CT molecular complexity index is 648. The minimum Gasteiger partial charge on any atom is -0.388 e. The number of hydrogen-bond donors (Lipinski definition) is 2. The molecule has 2 rings (SSSR count). The van der Waals surface area contributed by atoms with Gasteiger partial charge in [-0.05, 0) is 29.8 Å². The second-order valence-corrected chi connectivity index (χ2v) is 4.62. The Hall–Kier alpha value is -1.92. The highest BCUT2D eigenvalue weighted by Crippen LogP contribution is 2.33. The average Bonchev–Trinajstić information content (AvgIpc) is 2.44. The van der Waals surface area contributed by atoms with Gasteiger partial charge in [-0.2, -0.15) is 0 Å². The van der Waals surface area contributed by atoms with Crippen molar-refractivity contribution in [2.75, 3.05) is 6.54 Å². The minimum atomic E-state index is -1.55. The lowest BCUT2D eigenvalue weighted by Gasteiger charge is -2.23. The van der Waals surface area contributed by atoms with Crippen molar-refractivity contribution in [1.82, 2.24) is 0 Å². The van der Waals surface area contributed by atoms with E-state index in [1.165, 1.54) is 0 Å². The zero-order valence-corrected chi connectivity index (χ0v) is 10.9. The van der Waals surface area contributed by atoms with Crippen LogP contribution >= 0.6 is 0 Å². The number of benzene rings is 2. The van der Waals surface area contributed by atoms with Gasteiger partial charge < -0.3 is 10.8 Å². The van der Waals surface area contributed by atoms with Gasteiger partial charge in [0.15, 0.2) is 0 Å². The molecular weight excluding hydrogens is 286 g/mol. The molecule has 2 unspecified atom stereocenters. The molecule has 0 aliphatic rings. The number of aliphatic hydroxyl groups is 1. The fraction of sp³-hybridized carbons (Fsp3) is 0.200. The van der Waals surface area contributed by atoms with E-state index in [2.05, 4.69) is 0 Å². The first kappa shape index (κ1) is 15.5. The Morgan fingerprint density at radius 3 is 2.10 bits per heavy atom. The molecule has 3 N–H and O–H groups in total. The molecule has 0 saturated heterocycles. The summed E-state index contributed by atoms with van der Waals surface area (Å²) >= 11 is 0. The molecule has 0 aromatic heterocycles. The van der Waals surface area contributed by atoms with Gasteiger partial charge in [0, 0.05) is 24.1 Å². The van der Waals surface area contributed by atoms with E-state index in [9.17, 15) is 22.7 Å². The van der Waals surface area contributed by atoms with Crippen LogP contribution in [-0.2, 0) is 0 Å². The highest BCUT2D eigenvalue weighted by molar-refractivity contribution is 5.29. The Morgan fingerprint density at radius 2 is 1.48 bits per heavy atom. The van der Waals surface area contributed by atoms with Gasteiger partial charge in [-0.25, -0.2) is 17.6 Å². The SMILES string of the molecule is NCC(c1ccc(F)cc1F)C(O)c1cc(F)ccc1F. The summed E-state index contributed by atoms with van der Waals surface area (Å²) < 4.78 is 53.5. The van der Waals surface area contributed by atoms with Crippen LogP contribution in [0.2, 0.25) is 0 Å². The van der Waals surface area contributed by atoms with Crippen LogP contribution in [0.25, 0.3) is 0 Å². The van der Waals surface area contributed by atoms with E-state index < -0.39 is 35.3 Å². The summed E-state index contributed by atoms with van der Waals surface area (Å²) in [7, 11) is 0. The lowest BCUT2D eigenvalue weighted by Crippen LogP contribution is -2.22. The van der Waals surface area contributed by atoms with Gasteiger partial charge in [0.05, 0.1) is 6.10 Å². The maximum Gasteiger partial charge on any atom is 0.129 e. The fourth-order valence-corrected chi connectivity index (χ4v) is 2.19. The van der Waals surface area contributed by atoms with Gasteiger partial charge >= 0.3 is 0 Å². The van der Waals surface area contributed by atoms with E-state index in [4.69, 9.17) is 5.73 Å². The molecule has 0 radical (unpaired) electrons. The van der Waals surface area contributed by atoms with E-state index in [-0.39, 0.29) is 17.7 Å². The molecule has 6 heteroatoms. The number of halogens is 4. The average molecular weight is 299 g/mol. The monoisotopic (exact) mass is 299 g/mol. The van der Waals surface area contributed by atoms with Gasteiger partial charge in [0.2, 0.25) is 0 Å². The molecule has 0 amide bonds. The molecule has 0 saturated carbocycles. The van der Waals surface area contributed by atoms with Gasteiger partial charge in [0.25, 0.3) is 0 Å². The van der Waals surface area contributed by atoms with Crippen LogP contribution in [0.3, 0.4) is 0 Å². The number of hydrogen-bond acceptors (Lipinski definition) is 2. The van der Waals surface area contributed by atoms with E-state index in [0.717, 1.165) is 30.3 Å². The molecule has 0 spiro atoms. The molecule has 112 valence electrons. The largest absolute Gasteiger partial charge is 0.388 e. The van der Waals surface area contributed by atoms with Crippen LogP contribution in [0.1, 0.15) is 23.1 Å². The second kappa shape index (κ2) is 6.24. The fourth-order valence-electron chi connectivity index (χ4n) is 2.19. The molecule has 0 aliphatic heterocycles. The van der Waals surface area contributed by atoms with Crippen LogP contribution in [0.5, 0.6) is 0 Å². The van der Waals surface area contributed by atoms with Gasteiger partial charge in [0.1, 0.15) is 23.3 Å². The standard InChI is InChI=1S/C15H13F4NO/c16-8-2-4-13(18)11(5-8)15(21)12(7-20)10-3-1-9(17)6-14(10)19/h1-6,12,15,21H,7,20H2. The van der Waals surface area contributed by atoms with Crippen molar-refractivity contribution in [3.05, 3.63) is 70.8 Å². The summed E-state index contributed by atoms with van der Waals surface area (Å²) in [5, 5.41) is 10.2. The zero-order valence-electron chi connectivity index (χ0n) is 10.9. The molecule has 2 aromatic carbocycles. The topological polar surface area (TPSA) is 46.2 Å². The van der Waals surface area contributed by atoms with Crippen LogP contribution in [0.15, 0.2) is 36.4 Å². The van der Waals surface area contributed by atoms with E-state index in [1.54, 1.807) is 0 Å². The smallest absolute Gasteiger partial charge is 0.129 e. The molecular formula is C15H13F4NO. The Balaban J connectivity index is 2.43. The predicted octanol–water partition coefficient (Wildman–Crippen LogP) is 3.02. The maximum atomic E-state index is 13.8. The second-order valence-electron chi connectivity index (χ2n) is 4.62. The van der Waals surface area contributed by atoms with Crippen molar-refractivity contribution < 1.29 is 22.7 Å². The number of nitrogens with two attached hydrogens (primary N) is 1. The summed E-state index contributed by atoms with van der Waals surface area (Å²) in [5.74, 6) is -4.27. The minimum absolute atomic E-state index is 0.0601. The Morgan fingerprint density at radius 1 is 0.857 bits per heavy atom. The van der Waals surface area contributed by atoms with Gasteiger partial charge in [-0.1, -0.05) is 6.07 Å². The zero-order chi connectivity index (χ0) is 15.6. The number of rotatable bonds is 4. The third-order valence-electron chi connectivity index (χ3n) is 3.27. The third-order valence-corrected chi connectivity index (χ3v) is 3.27. The summed E-state index contributed by atoms with van der Waals surface area (Å²) in [5.41, 5.74) is 5.12. The van der Waals surface area contributed by atoms with Crippen molar-refractivity contribution in [3.63, 3.8) is 0 Å². The first-order valence-corrected chi connectivity index (χ1v) is 6.22. The molecule has 0 heterocycles. The number of aliphatic hydroxyl groups excluding tert-OH is 1. The lowest BCUT2D eigenvalue weighted by molar-refractivity contribution is 0.141. The van der Waals surface area contributed by atoms with Crippen LogP contribution < -0.4 is 5.73 Å². The molecule has 21 heavy (non-hydrogen) atoms. The van der Waals surface area contributed by atoms with Gasteiger partial charge in [-0.3, -0.25) is 0 Å². The normalized spacial score (nSPS) is 14.0. The first-order valence-electron chi connectivity index (χ1n) is 6.22. The van der Waals surface area contributed by atoms with Crippen molar-refractivity contribution in [2.45, 2.75) is 12.0 Å². The van der Waals surface area contributed by atoms with Crippen LogP contribution in [0.4, 0.5) is 17.6 Å². The quantitative estimate of drug-likeness (QED) is 0.853. The Labute approximate surface area is 118 Å². The molecule has 0 fully saturated rings. The van der Waals surface area contributed by atoms with Gasteiger partial charge in [-0.15, -0.1) is 0 Å². The van der Waals surface area contributed by atoms with Crippen molar-refractivity contribution in [2.24, 2.45) is 5.73 Å². The lowest BCUT2D eigenvalue weighted by atomic mass is 9.88. The summed E-state index contributed by atoms with van der Waals surface area (Å²) in [6.45, 7) is -0.223. The van der Waals surface area contributed by atoms with E-state index >= 15 is 0 Å². The third kappa shape index (κ3) is 3.22. The maximum absolute atomic E-state index is 13.8. The summed E-state index contributed by atoms with van der Waals surface area (Å²) in [6, 6.07) is 5.37. The van der Waals surface area contributed by atoms with E-state index in [1.807, 2.05) is 0 Å². The van der Waals surface area contributed by atoms with Crippen molar-refractivity contribution in [3.8, 4) is 0 Å². The summed E-state index contributed by atoms with van der Waals surface area (Å²) in [6.07, 6.45) is -1.55. The molecule has 0 aliphatic carbocycles. The highest BCUT2D eigenvalue weighted by Gasteiger charge is 2.27. The van der Waals surface area contributed by atoms with Crippen LogP contribution in [-0.4, -0.2) is 11.7 Å². The molecule has 2 atom stereocenters. The molecule has 2 nitrogen and oxygen atoms in total.